The van der Waals surface area contributed by atoms with Crippen LogP contribution in [-0.4, -0.2) is 15.5 Å². The van der Waals surface area contributed by atoms with E-state index in [1.807, 2.05) is 42.6 Å². The first-order valence-corrected chi connectivity index (χ1v) is 11.8. The Morgan fingerprint density at radius 1 is 1.12 bits per heavy atom. The molecule has 0 aliphatic carbocycles. The first-order chi connectivity index (χ1) is 15.4. The highest BCUT2D eigenvalue weighted by molar-refractivity contribution is 7.17. The highest BCUT2D eigenvalue weighted by Crippen LogP contribution is 2.31. The van der Waals surface area contributed by atoms with Crippen molar-refractivity contribution in [3.8, 4) is 11.1 Å². The Morgan fingerprint density at radius 3 is 2.56 bits per heavy atom. The highest BCUT2D eigenvalue weighted by atomic mass is 32.1. The normalized spacial score (nSPS) is 12.1. The average molecular weight is 446 g/mol. The number of aryl methyl sites for hydroxylation is 3. The zero-order valence-corrected chi connectivity index (χ0v) is 19.6. The summed E-state index contributed by atoms with van der Waals surface area (Å²) in [6, 6.07) is 13.5. The van der Waals surface area contributed by atoms with Crippen molar-refractivity contribution < 1.29 is 4.79 Å². The monoisotopic (exact) mass is 445 g/mol. The van der Waals surface area contributed by atoms with E-state index >= 15 is 0 Å². The van der Waals surface area contributed by atoms with E-state index in [9.17, 15) is 9.59 Å². The molecule has 4 aromatic rings. The molecule has 1 N–H and O–H groups in total. The second kappa shape index (κ2) is 9.09. The van der Waals surface area contributed by atoms with Crippen molar-refractivity contribution >= 4 is 33.1 Å². The molecule has 1 atom stereocenters. The summed E-state index contributed by atoms with van der Waals surface area (Å²) >= 11 is 1.45. The molecule has 2 aromatic carbocycles. The van der Waals surface area contributed by atoms with Crippen molar-refractivity contribution in [2.45, 2.75) is 46.6 Å². The molecule has 164 valence electrons. The van der Waals surface area contributed by atoms with E-state index in [0.717, 1.165) is 40.8 Å². The van der Waals surface area contributed by atoms with Crippen molar-refractivity contribution in [3.63, 3.8) is 0 Å². The third-order valence-electron chi connectivity index (χ3n) is 5.98. The molecule has 0 saturated heterocycles. The zero-order valence-electron chi connectivity index (χ0n) is 18.8. The van der Waals surface area contributed by atoms with Gasteiger partial charge in [-0.2, -0.15) is 0 Å². The minimum absolute atomic E-state index is 0.200. The van der Waals surface area contributed by atoms with Gasteiger partial charge in [0.25, 0.3) is 5.56 Å². The summed E-state index contributed by atoms with van der Waals surface area (Å²) in [6.45, 7) is 7.88. The number of nitrogens with one attached hydrogen (secondary N) is 1. The number of anilines is 1. The van der Waals surface area contributed by atoms with E-state index in [1.54, 1.807) is 6.92 Å². The lowest BCUT2D eigenvalue weighted by molar-refractivity contribution is -0.118. The van der Waals surface area contributed by atoms with E-state index in [1.165, 1.54) is 27.8 Å². The Bertz CT molecular complexity index is 1340. The maximum Gasteiger partial charge on any atom is 0.263 e. The van der Waals surface area contributed by atoms with Crippen LogP contribution in [-0.2, 0) is 17.6 Å². The summed E-state index contributed by atoms with van der Waals surface area (Å²) in [4.78, 5) is 31.7. The van der Waals surface area contributed by atoms with Gasteiger partial charge >= 0.3 is 0 Å². The number of rotatable bonds is 6. The molecule has 32 heavy (non-hydrogen) atoms. The van der Waals surface area contributed by atoms with Crippen molar-refractivity contribution in [1.82, 2.24) is 9.55 Å². The van der Waals surface area contributed by atoms with Gasteiger partial charge in [-0.3, -0.25) is 14.2 Å². The number of nitrogens with zero attached hydrogens (tertiary/aromatic N) is 2. The number of benzene rings is 2. The number of aromatic nitrogens is 2. The van der Waals surface area contributed by atoms with Gasteiger partial charge in [-0.05, 0) is 48.9 Å². The maximum atomic E-state index is 13.4. The van der Waals surface area contributed by atoms with Gasteiger partial charge in [-0.15, -0.1) is 11.3 Å². The smallest absolute Gasteiger partial charge is 0.263 e. The second-order valence-electron chi connectivity index (χ2n) is 7.96. The zero-order chi connectivity index (χ0) is 22.8. The number of hydrogen-bond donors (Lipinski definition) is 1. The lowest BCUT2D eigenvalue weighted by atomic mass is 10.0. The van der Waals surface area contributed by atoms with E-state index < -0.39 is 6.04 Å². The molecule has 0 radical (unpaired) electrons. The Kier molecular flexibility index (Phi) is 6.24. The molecular formula is C26H27N3O2S. The van der Waals surface area contributed by atoms with Gasteiger partial charge < -0.3 is 5.32 Å². The fourth-order valence-electron chi connectivity index (χ4n) is 3.91. The largest absolute Gasteiger partial charge is 0.324 e. The summed E-state index contributed by atoms with van der Waals surface area (Å²) in [6.07, 6.45) is 3.26. The quantitative estimate of drug-likeness (QED) is 0.410. The number of fused-ring (bicyclic) bond motifs is 1. The van der Waals surface area contributed by atoms with Gasteiger partial charge in [-0.1, -0.05) is 56.3 Å². The van der Waals surface area contributed by atoms with Crippen molar-refractivity contribution in [2.24, 2.45) is 0 Å². The van der Waals surface area contributed by atoms with Crippen LogP contribution in [0.5, 0.6) is 0 Å². The van der Waals surface area contributed by atoms with E-state index in [4.69, 9.17) is 0 Å². The lowest BCUT2D eigenvalue weighted by Gasteiger charge is -2.18. The number of hydrogen-bond acceptors (Lipinski definition) is 4. The summed E-state index contributed by atoms with van der Waals surface area (Å²) < 4.78 is 1.43. The molecule has 0 aliphatic rings. The fraction of sp³-hybridized carbons (Fsp3) is 0.269. The first-order valence-electron chi connectivity index (χ1n) is 10.9. The van der Waals surface area contributed by atoms with E-state index in [-0.39, 0.29) is 11.5 Å². The molecule has 1 unspecified atom stereocenters. The lowest BCUT2D eigenvalue weighted by Crippen LogP contribution is -2.32. The third kappa shape index (κ3) is 3.98. The summed E-state index contributed by atoms with van der Waals surface area (Å²) in [5, 5.41) is 5.56. The predicted octanol–water partition coefficient (Wildman–Crippen LogP) is 5.76. The number of carbonyl (C=O) groups is 1. The highest BCUT2D eigenvalue weighted by Gasteiger charge is 2.21. The van der Waals surface area contributed by atoms with Crippen LogP contribution in [0, 0.1) is 6.92 Å². The van der Waals surface area contributed by atoms with E-state index in [0.29, 0.717) is 10.2 Å². The van der Waals surface area contributed by atoms with Crippen LogP contribution in [0.1, 0.15) is 43.5 Å². The molecule has 0 spiro atoms. The van der Waals surface area contributed by atoms with Crippen LogP contribution in [0.2, 0.25) is 0 Å². The molecule has 1 amide bonds. The van der Waals surface area contributed by atoms with Crippen LogP contribution < -0.4 is 10.9 Å². The van der Waals surface area contributed by atoms with Gasteiger partial charge in [0.05, 0.1) is 11.7 Å². The summed E-state index contributed by atoms with van der Waals surface area (Å²) in [5.41, 5.74) is 5.78. The third-order valence-corrected chi connectivity index (χ3v) is 6.86. The average Bonchev–Trinajstić information content (AvgIpc) is 3.25. The van der Waals surface area contributed by atoms with Gasteiger partial charge in [0, 0.05) is 16.6 Å². The Balaban J connectivity index is 1.71. The van der Waals surface area contributed by atoms with Crippen LogP contribution >= 0.6 is 11.3 Å². The van der Waals surface area contributed by atoms with Crippen molar-refractivity contribution in [3.05, 3.63) is 81.2 Å². The van der Waals surface area contributed by atoms with Crippen LogP contribution in [0.3, 0.4) is 0 Å². The number of thiophene rings is 1. The molecule has 5 nitrogen and oxygen atoms in total. The standard InChI is InChI=1S/C26H27N3O2S/c1-5-18-10-12-20(13-11-18)21-14-32-25-22(21)26(31)29(15-27-25)17(4)24(30)28-23-16(3)8-7-9-19(23)6-2/h7-15,17H,5-6H2,1-4H3,(H,28,30). The van der Waals surface area contributed by atoms with Gasteiger partial charge in [0.1, 0.15) is 10.9 Å². The fourth-order valence-corrected chi connectivity index (χ4v) is 4.82. The minimum atomic E-state index is -0.695. The first kappa shape index (κ1) is 22.0. The number of para-hydroxylation sites is 1. The maximum absolute atomic E-state index is 13.4. The molecule has 4 rings (SSSR count). The molecule has 2 heterocycles. The summed E-state index contributed by atoms with van der Waals surface area (Å²) in [5.74, 6) is -0.235. The van der Waals surface area contributed by atoms with Crippen LogP contribution in [0.4, 0.5) is 5.69 Å². The van der Waals surface area contributed by atoms with Gasteiger partial charge in [-0.25, -0.2) is 4.98 Å². The SMILES string of the molecule is CCc1ccc(-c2csc3ncn(C(C)C(=O)Nc4c(C)cccc4CC)c(=O)c23)cc1. The molecule has 0 bridgehead atoms. The molecule has 0 aliphatic heterocycles. The molecule has 0 saturated carbocycles. The number of amides is 1. The summed E-state index contributed by atoms with van der Waals surface area (Å²) in [7, 11) is 0. The molecule has 2 aromatic heterocycles. The Hall–Kier alpha value is -3.25. The minimum Gasteiger partial charge on any atom is -0.324 e. The predicted molar refractivity (Wildman–Crippen MR) is 133 cm³/mol. The van der Waals surface area contributed by atoms with Crippen LogP contribution in [0.25, 0.3) is 21.3 Å². The molecular weight excluding hydrogens is 418 g/mol. The van der Waals surface area contributed by atoms with Crippen LogP contribution in [0.15, 0.2) is 59.0 Å². The van der Waals surface area contributed by atoms with Gasteiger partial charge in [0.15, 0.2) is 0 Å². The van der Waals surface area contributed by atoms with E-state index in [2.05, 4.69) is 36.3 Å². The molecule has 6 heteroatoms. The topological polar surface area (TPSA) is 64.0 Å². The Labute approximate surface area is 191 Å². The van der Waals surface area contributed by atoms with Crippen molar-refractivity contribution in [1.29, 1.82) is 0 Å². The van der Waals surface area contributed by atoms with Gasteiger partial charge in [0.2, 0.25) is 5.91 Å². The second-order valence-corrected chi connectivity index (χ2v) is 8.82. The van der Waals surface area contributed by atoms with Crippen molar-refractivity contribution in [2.75, 3.05) is 5.32 Å². The molecule has 0 fully saturated rings. The number of carbonyl (C=O) groups excluding carboxylic acids is 1. The Morgan fingerprint density at radius 2 is 1.88 bits per heavy atom.